The topological polar surface area (TPSA) is 51.5 Å². The lowest BCUT2D eigenvalue weighted by molar-refractivity contribution is 0.0972. The van der Waals surface area contributed by atoms with Crippen molar-refractivity contribution in [2.45, 2.75) is 27.4 Å². The highest BCUT2D eigenvalue weighted by Crippen LogP contribution is 2.18. The van der Waals surface area contributed by atoms with E-state index in [1.165, 1.54) is 0 Å². The normalized spacial score (nSPS) is 10.6. The number of amides is 1. The van der Waals surface area contributed by atoms with E-state index in [0.717, 1.165) is 16.8 Å². The summed E-state index contributed by atoms with van der Waals surface area (Å²) in [6, 6.07) is 9.35. The van der Waals surface area contributed by atoms with Crippen LogP contribution < -0.4 is 5.32 Å². The Labute approximate surface area is 118 Å². The quantitative estimate of drug-likeness (QED) is 0.904. The molecule has 4 nitrogen and oxygen atoms in total. The van der Waals surface area contributed by atoms with Gasteiger partial charge in [0, 0.05) is 12.3 Å². The van der Waals surface area contributed by atoms with Gasteiger partial charge in [0.2, 0.25) is 0 Å². The number of rotatable bonds is 5. The zero-order valence-electron chi connectivity index (χ0n) is 12.0. The summed E-state index contributed by atoms with van der Waals surface area (Å²) in [5, 5.41) is 2.86. The largest absolute Gasteiger partial charge is 0.453 e. The number of furan rings is 1. The van der Waals surface area contributed by atoms with Gasteiger partial charge in [0.1, 0.15) is 12.4 Å². The minimum Gasteiger partial charge on any atom is -0.453 e. The number of hydrogen-bond acceptors (Lipinski definition) is 3. The molecule has 1 amide bonds. The van der Waals surface area contributed by atoms with Gasteiger partial charge in [0.05, 0.1) is 0 Å². The second-order valence-electron chi connectivity index (χ2n) is 4.68. The van der Waals surface area contributed by atoms with Gasteiger partial charge in [0.25, 0.3) is 5.91 Å². The van der Waals surface area contributed by atoms with Crippen LogP contribution in [0.1, 0.15) is 34.4 Å². The Hall–Kier alpha value is -2.07. The van der Waals surface area contributed by atoms with E-state index in [-0.39, 0.29) is 5.91 Å². The minimum atomic E-state index is -0.249. The molecule has 1 aromatic heterocycles. The summed E-state index contributed by atoms with van der Waals surface area (Å²) in [4.78, 5) is 12.1. The molecule has 0 saturated heterocycles. The SMILES string of the molecule is CCOCc1ccc(C(=O)Nc2cc(C)ccc2C)o1. The summed E-state index contributed by atoms with van der Waals surface area (Å²) in [7, 11) is 0. The van der Waals surface area contributed by atoms with Gasteiger partial charge in [-0.25, -0.2) is 0 Å². The third-order valence-corrected chi connectivity index (χ3v) is 2.98. The predicted molar refractivity (Wildman–Crippen MR) is 77.9 cm³/mol. The van der Waals surface area contributed by atoms with Crippen LogP contribution in [0.5, 0.6) is 0 Å². The molecule has 1 heterocycles. The lowest BCUT2D eigenvalue weighted by atomic mass is 10.1. The Morgan fingerprint density at radius 3 is 2.80 bits per heavy atom. The fourth-order valence-electron chi connectivity index (χ4n) is 1.83. The average Bonchev–Trinajstić information content (AvgIpc) is 2.89. The summed E-state index contributed by atoms with van der Waals surface area (Å²) in [6.07, 6.45) is 0. The Balaban J connectivity index is 2.08. The van der Waals surface area contributed by atoms with E-state index < -0.39 is 0 Å². The molecule has 1 aromatic carbocycles. The molecule has 0 fully saturated rings. The molecule has 4 heteroatoms. The van der Waals surface area contributed by atoms with Gasteiger partial charge in [-0.1, -0.05) is 12.1 Å². The molecular weight excluding hydrogens is 254 g/mol. The molecule has 1 N–H and O–H groups in total. The lowest BCUT2D eigenvalue weighted by Crippen LogP contribution is -2.12. The second-order valence-corrected chi connectivity index (χ2v) is 4.68. The van der Waals surface area contributed by atoms with Gasteiger partial charge in [-0.05, 0) is 50.1 Å². The van der Waals surface area contributed by atoms with Crippen molar-refractivity contribution in [2.75, 3.05) is 11.9 Å². The highest BCUT2D eigenvalue weighted by Gasteiger charge is 2.12. The Morgan fingerprint density at radius 1 is 1.25 bits per heavy atom. The molecule has 0 aliphatic heterocycles. The number of carbonyl (C=O) groups is 1. The molecule has 106 valence electrons. The number of anilines is 1. The molecule has 0 radical (unpaired) electrons. The molecule has 0 atom stereocenters. The van der Waals surface area contributed by atoms with Crippen molar-refractivity contribution in [3.05, 3.63) is 53.0 Å². The van der Waals surface area contributed by atoms with Gasteiger partial charge in [-0.3, -0.25) is 4.79 Å². The summed E-state index contributed by atoms with van der Waals surface area (Å²) < 4.78 is 10.7. The monoisotopic (exact) mass is 273 g/mol. The zero-order chi connectivity index (χ0) is 14.5. The van der Waals surface area contributed by atoms with Gasteiger partial charge in [-0.15, -0.1) is 0 Å². The van der Waals surface area contributed by atoms with E-state index >= 15 is 0 Å². The fourth-order valence-corrected chi connectivity index (χ4v) is 1.83. The van der Waals surface area contributed by atoms with Crippen LogP contribution in [0.25, 0.3) is 0 Å². The minimum absolute atomic E-state index is 0.249. The number of nitrogens with one attached hydrogen (secondary N) is 1. The number of carbonyl (C=O) groups excluding carboxylic acids is 1. The first-order valence-electron chi connectivity index (χ1n) is 6.65. The van der Waals surface area contributed by atoms with Crippen molar-refractivity contribution >= 4 is 11.6 Å². The Morgan fingerprint density at radius 2 is 2.05 bits per heavy atom. The molecule has 2 rings (SSSR count). The Kier molecular flexibility index (Phi) is 4.58. The van der Waals surface area contributed by atoms with Gasteiger partial charge < -0.3 is 14.5 Å². The van der Waals surface area contributed by atoms with Crippen LogP contribution in [0.15, 0.2) is 34.7 Å². The zero-order valence-corrected chi connectivity index (χ0v) is 12.0. The highest BCUT2D eigenvalue weighted by atomic mass is 16.5. The molecule has 20 heavy (non-hydrogen) atoms. The van der Waals surface area contributed by atoms with Crippen molar-refractivity contribution < 1.29 is 13.9 Å². The third-order valence-electron chi connectivity index (χ3n) is 2.98. The summed E-state index contributed by atoms with van der Waals surface area (Å²) in [5.41, 5.74) is 2.92. The van der Waals surface area contributed by atoms with Crippen molar-refractivity contribution in [2.24, 2.45) is 0 Å². The van der Waals surface area contributed by atoms with E-state index in [1.807, 2.05) is 39.0 Å². The number of hydrogen-bond donors (Lipinski definition) is 1. The molecule has 0 aliphatic rings. The van der Waals surface area contributed by atoms with Crippen molar-refractivity contribution in [1.29, 1.82) is 0 Å². The molecule has 0 saturated carbocycles. The van der Waals surface area contributed by atoms with Crippen LogP contribution in [-0.4, -0.2) is 12.5 Å². The van der Waals surface area contributed by atoms with E-state index in [0.29, 0.717) is 24.7 Å². The van der Waals surface area contributed by atoms with Gasteiger partial charge in [-0.2, -0.15) is 0 Å². The number of aryl methyl sites for hydroxylation is 2. The third kappa shape index (κ3) is 3.48. The number of ether oxygens (including phenoxy) is 1. The van der Waals surface area contributed by atoms with E-state index in [4.69, 9.17) is 9.15 Å². The summed E-state index contributed by atoms with van der Waals surface area (Å²) in [5.74, 6) is 0.694. The number of benzene rings is 1. The van der Waals surface area contributed by atoms with Crippen LogP contribution in [0, 0.1) is 13.8 Å². The molecular formula is C16H19NO3. The molecule has 2 aromatic rings. The Bertz CT molecular complexity index is 602. The molecule has 0 bridgehead atoms. The van der Waals surface area contributed by atoms with Gasteiger partial charge >= 0.3 is 0 Å². The van der Waals surface area contributed by atoms with Crippen molar-refractivity contribution in [3.63, 3.8) is 0 Å². The lowest BCUT2D eigenvalue weighted by Gasteiger charge is -2.08. The van der Waals surface area contributed by atoms with Crippen LogP contribution in [-0.2, 0) is 11.3 Å². The second kappa shape index (κ2) is 6.39. The maximum atomic E-state index is 12.1. The van der Waals surface area contributed by atoms with Gasteiger partial charge in [0.15, 0.2) is 5.76 Å². The van der Waals surface area contributed by atoms with Crippen LogP contribution in [0.4, 0.5) is 5.69 Å². The highest BCUT2D eigenvalue weighted by molar-refractivity contribution is 6.02. The maximum absolute atomic E-state index is 12.1. The van der Waals surface area contributed by atoms with Crippen LogP contribution in [0.2, 0.25) is 0 Å². The standard InChI is InChI=1S/C16H19NO3/c1-4-19-10-13-7-8-15(20-13)16(18)17-14-9-11(2)5-6-12(14)3/h5-9H,4,10H2,1-3H3,(H,17,18). The van der Waals surface area contributed by atoms with E-state index in [2.05, 4.69) is 5.32 Å². The molecule has 0 unspecified atom stereocenters. The van der Waals surface area contributed by atoms with Crippen molar-refractivity contribution in [1.82, 2.24) is 0 Å². The first-order valence-corrected chi connectivity index (χ1v) is 6.65. The smallest absolute Gasteiger partial charge is 0.291 e. The van der Waals surface area contributed by atoms with Crippen LogP contribution >= 0.6 is 0 Å². The van der Waals surface area contributed by atoms with Crippen molar-refractivity contribution in [3.8, 4) is 0 Å². The maximum Gasteiger partial charge on any atom is 0.291 e. The fraction of sp³-hybridized carbons (Fsp3) is 0.312. The average molecular weight is 273 g/mol. The van der Waals surface area contributed by atoms with Crippen LogP contribution in [0.3, 0.4) is 0 Å². The van der Waals surface area contributed by atoms with E-state index in [9.17, 15) is 4.79 Å². The molecule has 0 spiro atoms. The van der Waals surface area contributed by atoms with E-state index in [1.54, 1.807) is 12.1 Å². The first-order chi connectivity index (χ1) is 9.60. The predicted octanol–water partition coefficient (Wildman–Crippen LogP) is 3.69. The first kappa shape index (κ1) is 14.3. The summed E-state index contributed by atoms with van der Waals surface area (Å²) in [6.45, 7) is 6.86. The summed E-state index contributed by atoms with van der Waals surface area (Å²) >= 11 is 0. The molecule has 0 aliphatic carbocycles.